The number of nitrogens with two attached hydrogens (primary N) is 1. The summed E-state index contributed by atoms with van der Waals surface area (Å²) in [6, 6.07) is 10.8. The van der Waals surface area contributed by atoms with E-state index in [4.69, 9.17) is 5.73 Å². The van der Waals surface area contributed by atoms with Crippen molar-refractivity contribution in [3.05, 3.63) is 35.9 Å². The van der Waals surface area contributed by atoms with Crippen molar-refractivity contribution < 1.29 is 0 Å². The predicted octanol–water partition coefficient (Wildman–Crippen LogP) is 2.75. The summed E-state index contributed by atoms with van der Waals surface area (Å²) < 4.78 is 0. The van der Waals surface area contributed by atoms with E-state index < -0.39 is 0 Å². The summed E-state index contributed by atoms with van der Waals surface area (Å²) in [7, 11) is 0. The fourth-order valence-corrected chi connectivity index (χ4v) is 2.09. The Morgan fingerprint density at radius 3 is 2.41 bits per heavy atom. The highest BCUT2D eigenvalue weighted by Gasteiger charge is 2.14. The van der Waals surface area contributed by atoms with Crippen molar-refractivity contribution in [2.45, 2.75) is 32.6 Å². The van der Waals surface area contributed by atoms with Crippen LogP contribution in [0.5, 0.6) is 0 Å². The number of rotatable bonds is 8. The van der Waals surface area contributed by atoms with Gasteiger partial charge in [-0.25, -0.2) is 0 Å². The van der Waals surface area contributed by atoms with E-state index in [9.17, 15) is 0 Å². The molecular weight excluding hydrogens is 208 g/mol. The summed E-state index contributed by atoms with van der Waals surface area (Å²) in [6.07, 6.45) is 2.29. The first-order chi connectivity index (χ1) is 8.25. The molecule has 96 valence electrons. The standard InChI is InChI=1S/C15H26N2/c1-13(2)15(12-17-11-7-6-10-16)14-8-4-3-5-9-14/h3-5,8-9,13,15,17H,6-7,10-12,16H2,1-2H3. The molecule has 0 spiro atoms. The van der Waals surface area contributed by atoms with Crippen LogP contribution in [0.1, 0.15) is 38.2 Å². The Hall–Kier alpha value is -0.860. The monoisotopic (exact) mass is 234 g/mol. The highest BCUT2D eigenvalue weighted by molar-refractivity contribution is 5.20. The smallest absolute Gasteiger partial charge is 0.00226 e. The number of unbranched alkanes of at least 4 members (excludes halogenated alkanes) is 1. The van der Waals surface area contributed by atoms with E-state index in [1.807, 2.05) is 0 Å². The Labute approximate surface area is 106 Å². The van der Waals surface area contributed by atoms with E-state index in [-0.39, 0.29) is 0 Å². The highest BCUT2D eigenvalue weighted by Crippen LogP contribution is 2.23. The SMILES string of the molecule is CC(C)C(CNCCCCN)c1ccccc1. The lowest BCUT2D eigenvalue weighted by molar-refractivity contribution is 0.458. The zero-order valence-electron chi connectivity index (χ0n) is 11.2. The van der Waals surface area contributed by atoms with Crippen LogP contribution in [0.4, 0.5) is 0 Å². The topological polar surface area (TPSA) is 38.0 Å². The maximum atomic E-state index is 5.48. The second kappa shape index (κ2) is 8.26. The molecule has 0 bridgehead atoms. The second-order valence-corrected chi connectivity index (χ2v) is 4.96. The molecule has 0 radical (unpaired) electrons. The average Bonchev–Trinajstić information content (AvgIpc) is 2.34. The molecule has 17 heavy (non-hydrogen) atoms. The van der Waals surface area contributed by atoms with E-state index in [0.29, 0.717) is 11.8 Å². The van der Waals surface area contributed by atoms with Crippen LogP contribution in [0.3, 0.4) is 0 Å². The third-order valence-corrected chi connectivity index (χ3v) is 3.20. The molecule has 0 saturated heterocycles. The molecule has 1 aromatic rings. The van der Waals surface area contributed by atoms with E-state index in [1.54, 1.807) is 0 Å². The Balaban J connectivity index is 2.40. The summed E-state index contributed by atoms with van der Waals surface area (Å²) >= 11 is 0. The van der Waals surface area contributed by atoms with Gasteiger partial charge in [-0.2, -0.15) is 0 Å². The van der Waals surface area contributed by atoms with Gasteiger partial charge >= 0.3 is 0 Å². The number of nitrogens with one attached hydrogen (secondary N) is 1. The Morgan fingerprint density at radius 2 is 1.82 bits per heavy atom. The molecule has 1 atom stereocenters. The number of hydrogen-bond donors (Lipinski definition) is 2. The minimum Gasteiger partial charge on any atom is -0.330 e. The van der Waals surface area contributed by atoms with Crippen molar-refractivity contribution in [2.24, 2.45) is 11.7 Å². The van der Waals surface area contributed by atoms with Gasteiger partial charge in [0.2, 0.25) is 0 Å². The zero-order chi connectivity index (χ0) is 12.5. The van der Waals surface area contributed by atoms with Gasteiger partial charge in [-0.1, -0.05) is 44.2 Å². The molecule has 2 heteroatoms. The van der Waals surface area contributed by atoms with E-state index in [2.05, 4.69) is 49.5 Å². The summed E-state index contributed by atoms with van der Waals surface area (Å²) in [6.45, 7) is 7.52. The van der Waals surface area contributed by atoms with Crippen molar-refractivity contribution in [3.8, 4) is 0 Å². The molecule has 0 aliphatic heterocycles. The normalized spacial score (nSPS) is 12.9. The lowest BCUT2D eigenvalue weighted by Gasteiger charge is -2.22. The summed E-state index contributed by atoms with van der Waals surface area (Å²) in [4.78, 5) is 0. The Bertz CT molecular complexity index is 282. The minimum atomic E-state index is 0.606. The number of hydrogen-bond acceptors (Lipinski definition) is 2. The fraction of sp³-hybridized carbons (Fsp3) is 0.600. The Morgan fingerprint density at radius 1 is 1.12 bits per heavy atom. The van der Waals surface area contributed by atoms with Crippen LogP contribution in [0, 0.1) is 5.92 Å². The van der Waals surface area contributed by atoms with Gasteiger partial charge in [-0.05, 0) is 43.3 Å². The lowest BCUT2D eigenvalue weighted by Crippen LogP contribution is -2.26. The van der Waals surface area contributed by atoms with Gasteiger partial charge in [-0.15, -0.1) is 0 Å². The molecule has 1 rings (SSSR count). The summed E-state index contributed by atoms with van der Waals surface area (Å²) in [5.74, 6) is 1.27. The molecule has 1 aromatic carbocycles. The molecule has 0 aliphatic rings. The number of benzene rings is 1. The molecule has 0 aromatic heterocycles. The third-order valence-electron chi connectivity index (χ3n) is 3.20. The van der Waals surface area contributed by atoms with Crippen LogP contribution in [0.15, 0.2) is 30.3 Å². The van der Waals surface area contributed by atoms with Gasteiger partial charge in [0.1, 0.15) is 0 Å². The van der Waals surface area contributed by atoms with Crippen molar-refractivity contribution in [3.63, 3.8) is 0 Å². The zero-order valence-corrected chi connectivity index (χ0v) is 11.2. The fourth-order valence-electron chi connectivity index (χ4n) is 2.09. The van der Waals surface area contributed by atoms with E-state index >= 15 is 0 Å². The molecule has 0 saturated carbocycles. The summed E-state index contributed by atoms with van der Waals surface area (Å²) in [5, 5.41) is 3.54. The van der Waals surface area contributed by atoms with E-state index in [1.165, 1.54) is 12.0 Å². The maximum absolute atomic E-state index is 5.48. The van der Waals surface area contributed by atoms with Crippen LogP contribution in [0.25, 0.3) is 0 Å². The molecule has 0 amide bonds. The van der Waals surface area contributed by atoms with Gasteiger partial charge in [0.15, 0.2) is 0 Å². The Kier molecular flexibility index (Phi) is 6.90. The van der Waals surface area contributed by atoms with Crippen molar-refractivity contribution in [2.75, 3.05) is 19.6 Å². The first-order valence-corrected chi connectivity index (χ1v) is 6.71. The van der Waals surface area contributed by atoms with Crippen LogP contribution in [0.2, 0.25) is 0 Å². The molecule has 0 heterocycles. The molecule has 0 fully saturated rings. The van der Waals surface area contributed by atoms with Gasteiger partial charge in [0.05, 0.1) is 0 Å². The van der Waals surface area contributed by atoms with Crippen LogP contribution in [-0.4, -0.2) is 19.6 Å². The summed E-state index contributed by atoms with van der Waals surface area (Å²) in [5.41, 5.74) is 6.92. The molecule has 3 N–H and O–H groups in total. The molecule has 2 nitrogen and oxygen atoms in total. The largest absolute Gasteiger partial charge is 0.330 e. The minimum absolute atomic E-state index is 0.606. The van der Waals surface area contributed by atoms with E-state index in [0.717, 1.165) is 26.1 Å². The van der Waals surface area contributed by atoms with Crippen molar-refractivity contribution in [1.29, 1.82) is 0 Å². The predicted molar refractivity (Wildman–Crippen MR) is 75.2 cm³/mol. The van der Waals surface area contributed by atoms with Crippen molar-refractivity contribution >= 4 is 0 Å². The average molecular weight is 234 g/mol. The first-order valence-electron chi connectivity index (χ1n) is 6.71. The van der Waals surface area contributed by atoms with Crippen LogP contribution < -0.4 is 11.1 Å². The quantitative estimate of drug-likeness (QED) is 0.679. The maximum Gasteiger partial charge on any atom is 0.00226 e. The van der Waals surface area contributed by atoms with Crippen LogP contribution in [-0.2, 0) is 0 Å². The van der Waals surface area contributed by atoms with Gasteiger partial charge in [-0.3, -0.25) is 0 Å². The highest BCUT2D eigenvalue weighted by atomic mass is 14.9. The van der Waals surface area contributed by atoms with Crippen LogP contribution >= 0.6 is 0 Å². The first kappa shape index (κ1) is 14.2. The molecule has 1 unspecified atom stereocenters. The van der Waals surface area contributed by atoms with Gasteiger partial charge in [0.25, 0.3) is 0 Å². The van der Waals surface area contributed by atoms with Gasteiger partial charge < -0.3 is 11.1 Å². The lowest BCUT2D eigenvalue weighted by atomic mass is 9.88. The third kappa shape index (κ3) is 5.33. The molecular formula is C15H26N2. The van der Waals surface area contributed by atoms with Gasteiger partial charge in [0, 0.05) is 6.54 Å². The second-order valence-electron chi connectivity index (χ2n) is 4.96. The molecule has 0 aliphatic carbocycles. The van der Waals surface area contributed by atoms with Crippen molar-refractivity contribution in [1.82, 2.24) is 5.32 Å².